The van der Waals surface area contributed by atoms with Gasteiger partial charge in [0.15, 0.2) is 0 Å². The van der Waals surface area contributed by atoms with Gasteiger partial charge in [0.2, 0.25) is 5.91 Å². The molecule has 0 saturated heterocycles. The lowest BCUT2D eigenvalue weighted by Gasteiger charge is -2.22. The van der Waals surface area contributed by atoms with Gasteiger partial charge in [-0.2, -0.15) is 0 Å². The summed E-state index contributed by atoms with van der Waals surface area (Å²) in [5, 5.41) is 3.10. The fourth-order valence-corrected chi connectivity index (χ4v) is 2.34. The van der Waals surface area contributed by atoms with E-state index in [-0.39, 0.29) is 11.4 Å². The van der Waals surface area contributed by atoms with Gasteiger partial charge in [0.1, 0.15) is 0 Å². The van der Waals surface area contributed by atoms with Crippen LogP contribution in [0, 0.1) is 5.92 Å². The van der Waals surface area contributed by atoms with Crippen molar-refractivity contribution in [2.75, 3.05) is 0 Å². The van der Waals surface area contributed by atoms with Crippen LogP contribution in [0.4, 0.5) is 0 Å². The highest BCUT2D eigenvalue weighted by molar-refractivity contribution is 5.76. The maximum atomic E-state index is 11.7. The molecule has 0 aromatic heterocycles. The number of carbonyl (C=O) groups excluding carboxylic acids is 1. The van der Waals surface area contributed by atoms with Crippen LogP contribution in [0.15, 0.2) is 0 Å². The van der Waals surface area contributed by atoms with Gasteiger partial charge in [-0.25, -0.2) is 0 Å². The third kappa shape index (κ3) is 4.97. The first kappa shape index (κ1) is 13.5. The summed E-state index contributed by atoms with van der Waals surface area (Å²) in [6, 6.07) is 0.330. The van der Waals surface area contributed by atoms with Gasteiger partial charge in [-0.15, -0.1) is 0 Å². The molecule has 1 rings (SSSR count). The lowest BCUT2D eigenvalue weighted by atomic mass is 9.98. The fraction of sp³-hybridized carbons (Fsp3) is 0.923. The topological polar surface area (TPSA) is 55.1 Å². The molecule has 1 saturated carbocycles. The Balaban J connectivity index is 2.22. The number of nitrogens with two attached hydrogens (primary N) is 1. The molecular formula is C13H26N2O. The molecule has 1 fully saturated rings. The third-order valence-electron chi connectivity index (χ3n) is 3.49. The van der Waals surface area contributed by atoms with Gasteiger partial charge in [-0.05, 0) is 46.0 Å². The second kappa shape index (κ2) is 5.67. The summed E-state index contributed by atoms with van der Waals surface area (Å²) in [7, 11) is 0. The summed E-state index contributed by atoms with van der Waals surface area (Å²) in [6.45, 7) is 6.04. The molecule has 0 aromatic carbocycles. The molecule has 3 nitrogen and oxygen atoms in total. The van der Waals surface area contributed by atoms with Crippen LogP contribution in [0.1, 0.15) is 59.3 Å². The molecule has 3 heteroatoms. The average Bonchev–Trinajstić information content (AvgIpc) is 2.66. The standard InChI is InChI=1S/C13H26N2O/c1-10(11-6-4-5-7-11)15-12(16)8-9-13(2,3)14/h10-11H,4-9,14H2,1-3H3,(H,15,16)/t10-/m0/s1. The maximum absolute atomic E-state index is 11.7. The molecule has 0 radical (unpaired) electrons. The molecular weight excluding hydrogens is 200 g/mol. The van der Waals surface area contributed by atoms with Gasteiger partial charge in [0.25, 0.3) is 0 Å². The van der Waals surface area contributed by atoms with Gasteiger partial charge < -0.3 is 11.1 Å². The molecule has 0 aliphatic heterocycles. The Morgan fingerprint density at radius 2 is 2.00 bits per heavy atom. The van der Waals surface area contributed by atoms with Crippen molar-refractivity contribution in [2.45, 2.75) is 70.9 Å². The van der Waals surface area contributed by atoms with Crippen LogP contribution in [-0.4, -0.2) is 17.5 Å². The summed E-state index contributed by atoms with van der Waals surface area (Å²) in [4.78, 5) is 11.7. The van der Waals surface area contributed by atoms with Gasteiger partial charge in [0, 0.05) is 18.0 Å². The molecule has 0 bridgehead atoms. The zero-order valence-corrected chi connectivity index (χ0v) is 10.9. The first-order valence-corrected chi connectivity index (χ1v) is 6.47. The minimum Gasteiger partial charge on any atom is -0.353 e. The quantitative estimate of drug-likeness (QED) is 0.755. The summed E-state index contributed by atoms with van der Waals surface area (Å²) >= 11 is 0. The van der Waals surface area contributed by atoms with E-state index in [0.29, 0.717) is 18.4 Å². The van der Waals surface area contributed by atoms with Crippen LogP contribution in [0.2, 0.25) is 0 Å². The maximum Gasteiger partial charge on any atom is 0.220 e. The Hall–Kier alpha value is -0.570. The Kier molecular flexibility index (Phi) is 4.78. The van der Waals surface area contributed by atoms with Crippen molar-refractivity contribution in [2.24, 2.45) is 11.7 Å². The molecule has 3 N–H and O–H groups in total. The molecule has 0 heterocycles. The van der Waals surface area contributed by atoms with Crippen LogP contribution in [0.3, 0.4) is 0 Å². The number of rotatable bonds is 5. The fourth-order valence-electron chi connectivity index (χ4n) is 2.34. The van der Waals surface area contributed by atoms with Crippen molar-refractivity contribution in [3.05, 3.63) is 0 Å². The molecule has 1 atom stereocenters. The molecule has 1 amide bonds. The van der Waals surface area contributed by atoms with E-state index in [1.54, 1.807) is 0 Å². The first-order valence-electron chi connectivity index (χ1n) is 6.47. The summed E-state index contributed by atoms with van der Waals surface area (Å²) in [5.74, 6) is 0.841. The van der Waals surface area contributed by atoms with Crippen LogP contribution in [0.25, 0.3) is 0 Å². The molecule has 0 spiro atoms. The van der Waals surface area contributed by atoms with Crippen LogP contribution >= 0.6 is 0 Å². The second-order valence-corrected chi connectivity index (χ2v) is 5.89. The van der Waals surface area contributed by atoms with Crippen molar-refractivity contribution in [3.63, 3.8) is 0 Å². The van der Waals surface area contributed by atoms with Gasteiger partial charge in [0.05, 0.1) is 0 Å². The van der Waals surface area contributed by atoms with Crippen molar-refractivity contribution < 1.29 is 4.79 Å². The molecule has 16 heavy (non-hydrogen) atoms. The Morgan fingerprint density at radius 1 is 1.44 bits per heavy atom. The average molecular weight is 226 g/mol. The highest BCUT2D eigenvalue weighted by Gasteiger charge is 2.23. The van der Waals surface area contributed by atoms with Crippen molar-refractivity contribution in [1.29, 1.82) is 0 Å². The van der Waals surface area contributed by atoms with Gasteiger partial charge >= 0.3 is 0 Å². The summed E-state index contributed by atoms with van der Waals surface area (Å²) in [6.07, 6.45) is 6.46. The molecule has 94 valence electrons. The molecule has 1 aliphatic carbocycles. The van der Waals surface area contributed by atoms with E-state index >= 15 is 0 Å². The predicted molar refractivity (Wildman–Crippen MR) is 67.1 cm³/mol. The second-order valence-electron chi connectivity index (χ2n) is 5.89. The highest BCUT2D eigenvalue weighted by atomic mass is 16.1. The monoisotopic (exact) mass is 226 g/mol. The zero-order chi connectivity index (χ0) is 12.2. The van der Waals surface area contributed by atoms with Crippen LogP contribution < -0.4 is 11.1 Å². The van der Waals surface area contributed by atoms with Crippen LogP contribution in [-0.2, 0) is 4.79 Å². The third-order valence-corrected chi connectivity index (χ3v) is 3.49. The lowest BCUT2D eigenvalue weighted by molar-refractivity contribution is -0.122. The van der Waals surface area contributed by atoms with Crippen LogP contribution in [0.5, 0.6) is 0 Å². The summed E-state index contributed by atoms with van der Waals surface area (Å²) < 4.78 is 0. The van der Waals surface area contributed by atoms with Crippen molar-refractivity contribution >= 4 is 5.91 Å². The van der Waals surface area contributed by atoms with Crippen molar-refractivity contribution in [1.82, 2.24) is 5.32 Å². The van der Waals surface area contributed by atoms with E-state index in [2.05, 4.69) is 12.2 Å². The van der Waals surface area contributed by atoms with Crippen molar-refractivity contribution in [3.8, 4) is 0 Å². The Labute approximate surface area is 99.2 Å². The van der Waals surface area contributed by atoms with E-state index in [1.165, 1.54) is 25.7 Å². The minimum absolute atomic E-state index is 0.151. The SMILES string of the molecule is C[C@H](NC(=O)CCC(C)(C)N)C1CCCC1. The normalized spacial score (nSPS) is 19.8. The van der Waals surface area contributed by atoms with E-state index in [4.69, 9.17) is 5.73 Å². The number of amides is 1. The smallest absolute Gasteiger partial charge is 0.220 e. The molecule has 0 unspecified atom stereocenters. The lowest BCUT2D eigenvalue weighted by Crippen LogP contribution is -2.39. The largest absolute Gasteiger partial charge is 0.353 e. The van der Waals surface area contributed by atoms with Gasteiger partial charge in [-0.1, -0.05) is 12.8 Å². The minimum atomic E-state index is -0.242. The van der Waals surface area contributed by atoms with E-state index in [0.717, 1.165) is 6.42 Å². The van der Waals surface area contributed by atoms with E-state index < -0.39 is 0 Å². The predicted octanol–water partition coefficient (Wildman–Crippen LogP) is 2.20. The molecule has 0 aromatic rings. The highest BCUT2D eigenvalue weighted by Crippen LogP contribution is 2.27. The number of carbonyl (C=O) groups is 1. The van der Waals surface area contributed by atoms with Gasteiger partial charge in [-0.3, -0.25) is 4.79 Å². The number of hydrogen-bond acceptors (Lipinski definition) is 2. The first-order chi connectivity index (χ1) is 7.38. The Morgan fingerprint density at radius 3 is 2.50 bits per heavy atom. The molecule has 1 aliphatic rings. The summed E-state index contributed by atoms with van der Waals surface area (Å²) in [5.41, 5.74) is 5.61. The number of hydrogen-bond donors (Lipinski definition) is 2. The van der Waals surface area contributed by atoms with E-state index in [1.807, 2.05) is 13.8 Å². The van der Waals surface area contributed by atoms with E-state index in [9.17, 15) is 4.79 Å². The zero-order valence-electron chi connectivity index (χ0n) is 10.9. The Bertz CT molecular complexity index is 227. The number of nitrogens with one attached hydrogen (secondary N) is 1.